The summed E-state index contributed by atoms with van der Waals surface area (Å²) in [5, 5.41) is 0.569. The van der Waals surface area contributed by atoms with Crippen LogP contribution in [0.2, 0.25) is 0 Å². The van der Waals surface area contributed by atoms with E-state index >= 15 is 0 Å². The van der Waals surface area contributed by atoms with E-state index in [1.165, 1.54) is 6.92 Å². The molecule has 0 bridgehead atoms. The lowest BCUT2D eigenvalue weighted by atomic mass is 10.3. The lowest BCUT2D eigenvalue weighted by Crippen LogP contribution is -2.36. The SMILES string of the molecule is CC(CCBr)NS(=O)(=O)C(F)F. The lowest BCUT2D eigenvalue weighted by Gasteiger charge is -2.11. The van der Waals surface area contributed by atoms with Crippen LogP contribution in [-0.4, -0.2) is 25.5 Å². The normalized spacial score (nSPS) is 15.1. The summed E-state index contributed by atoms with van der Waals surface area (Å²) in [6.45, 7) is 1.53. The molecule has 0 radical (unpaired) electrons. The molecule has 0 rings (SSSR count). The Morgan fingerprint density at radius 3 is 2.33 bits per heavy atom. The number of sulfonamides is 1. The van der Waals surface area contributed by atoms with Crippen molar-refractivity contribution in [2.24, 2.45) is 0 Å². The molecule has 3 nitrogen and oxygen atoms in total. The maximum absolute atomic E-state index is 11.8. The highest BCUT2D eigenvalue weighted by Gasteiger charge is 2.25. The van der Waals surface area contributed by atoms with Crippen LogP contribution in [0.4, 0.5) is 8.78 Å². The number of hydrogen-bond donors (Lipinski definition) is 1. The molecule has 0 aliphatic heterocycles. The Balaban J connectivity index is 4.07. The number of nitrogens with one attached hydrogen (secondary N) is 1. The van der Waals surface area contributed by atoms with E-state index < -0.39 is 21.8 Å². The summed E-state index contributed by atoms with van der Waals surface area (Å²) in [5.41, 5.74) is 0. The molecule has 12 heavy (non-hydrogen) atoms. The second kappa shape index (κ2) is 5.08. The third-order valence-electron chi connectivity index (χ3n) is 1.14. The minimum atomic E-state index is -4.42. The van der Waals surface area contributed by atoms with Crippen molar-refractivity contribution in [3.8, 4) is 0 Å². The first-order valence-corrected chi connectivity index (χ1v) is 5.92. The summed E-state index contributed by atoms with van der Waals surface area (Å²) < 4.78 is 46.4. The van der Waals surface area contributed by atoms with E-state index in [1.807, 2.05) is 4.72 Å². The van der Waals surface area contributed by atoms with Gasteiger partial charge in [0, 0.05) is 11.4 Å². The molecule has 0 saturated carbocycles. The number of alkyl halides is 3. The van der Waals surface area contributed by atoms with E-state index in [2.05, 4.69) is 15.9 Å². The van der Waals surface area contributed by atoms with Gasteiger partial charge in [0.25, 0.3) is 10.0 Å². The summed E-state index contributed by atoms with van der Waals surface area (Å²) in [6.07, 6.45) is 0.478. The third kappa shape index (κ3) is 4.32. The topological polar surface area (TPSA) is 46.2 Å². The fourth-order valence-electron chi connectivity index (χ4n) is 0.554. The molecule has 0 aromatic carbocycles. The first kappa shape index (κ1) is 12.2. The summed E-state index contributed by atoms with van der Waals surface area (Å²) in [7, 11) is -4.42. The van der Waals surface area contributed by atoms with Crippen molar-refractivity contribution >= 4 is 26.0 Å². The number of hydrogen-bond acceptors (Lipinski definition) is 2. The molecule has 0 aromatic heterocycles. The number of halogens is 3. The summed E-state index contributed by atoms with van der Waals surface area (Å²) in [6, 6.07) is -0.469. The summed E-state index contributed by atoms with van der Waals surface area (Å²) >= 11 is 3.07. The molecule has 0 saturated heterocycles. The van der Waals surface area contributed by atoms with Gasteiger partial charge in [0.2, 0.25) is 0 Å². The molecule has 1 unspecified atom stereocenters. The van der Waals surface area contributed by atoms with Crippen molar-refractivity contribution in [2.75, 3.05) is 5.33 Å². The van der Waals surface area contributed by atoms with Crippen molar-refractivity contribution in [3.63, 3.8) is 0 Å². The van der Waals surface area contributed by atoms with E-state index in [-0.39, 0.29) is 0 Å². The van der Waals surface area contributed by atoms with Crippen LogP contribution >= 0.6 is 15.9 Å². The van der Waals surface area contributed by atoms with E-state index in [9.17, 15) is 17.2 Å². The van der Waals surface area contributed by atoms with Crippen LogP contribution in [0.3, 0.4) is 0 Å². The highest BCUT2D eigenvalue weighted by atomic mass is 79.9. The quantitative estimate of drug-likeness (QED) is 0.762. The Morgan fingerprint density at radius 1 is 1.50 bits per heavy atom. The van der Waals surface area contributed by atoms with Gasteiger partial charge in [-0.1, -0.05) is 15.9 Å². The Morgan fingerprint density at radius 2 is 2.00 bits per heavy atom. The van der Waals surface area contributed by atoms with E-state index in [4.69, 9.17) is 0 Å². The van der Waals surface area contributed by atoms with Gasteiger partial charge < -0.3 is 0 Å². The van der Waals surface area contributed by atoms with E-state index in [1.54, 1.807) is 0 Å². The molecule has 7 heteroatoms. The van der Waals surface area contributed by atoms with E-state index in [0.29, 0.717) is 11.8 Å². The van der Waals surface area contributed by atoms with Gasteiger partial charge >= 0.3 is 5.76 Å². The van der Waals surface area contributed by atoms with Gasteiger partial charge in [-0.3, -0.25) is 0 Å². The van der Waals surface area contributed by atoms with E-state index in [0.717, 1.165) is 0 Å². The van der Waals surface area contributed by atoms with Gasteiger partial charge in [-0.25, -0.2) is 13.1 Å². The molecule has 0 aliphatic carbocycles. The van der Waals surface area contributed by atoms with Crippen molar-refractivity contribution < 1.29 is 17.2 Å². The smallest absolute Gasteiger partial charge is 0.207 e. The molecule has 1 N–H and O–H groups in total. The van der Waals surface area contributed by atoms with Crippen LogP contribution in [0, 0.1) is 0 Å². The molecule has 0 heterocycles. The minimum Gasteiger partial charge on any atom is -0.207 e. The summed E-state index contributed by atoms with van der Waals surface area (Å²) in [5.74, 6) is -3.35. The predicted molar refractivity (Wildman–Crippen MR) is 45.9 cm³/mol. The maximum Gasteiger partial charge on any atom is 0.350 e. The van der Waals surface area contributed by atoms with Gasteiger partial charge in [-0.05, 0) is 13.3 Å². The van der Waals surface area contributed by atoms with Crippen molar-refractivity contribution in [2.45, 2.75) is 25.1 Å². The van der Waals surface area contributed by atoms with Crippen LogP contribution in [0.15, 0.2) is 0 Å². The molecule has 0 aromatic rings. The Bertz CT molecular complexity index is 219. The molecule has 0 spiro atoms. The van der Waals surface area contributed by atoms with Gasteiger partial charge in [0.1, 0.15) is 0 Å². The van der Waals surface area contributed by atoms with Crippen molar-refractivity contribution in [3.05, 3.63) is 0 Å². The van der Waals surface area contributed by atoms with Crippen molar-refractivity contribution in [1.29, 1.82) is 0 Å². The maximum atomic E-state index is 11.8. The largest absolute Gasteiger partial charge is 0.350 e. The van der Waals surface area contributed by atoms with Crippen LogP contribution in [-0.2, 0) is 10.0 Å². The van der Waals surface area contributed by atoms with Crippen LogP contribution in [0.1, 0.15) is 13.3 Å². The molecule has 74 valence electrons. The molecule has 0 aliphatic rings. The zero-order chi connectivity index (χ0) is 9.78. The zero-order valence-electron chi connectivity index (χ0n) is 6.43. The Kier molecular flexibility index (Phi) is 5.19. The van der Waals surface area contributed by atoms with Gasteiger partial charge in [0.15, 0.2) is 0 Å². The fourth-order valence-corrected chi connectivity index (χ4v) is 2.02. The Hall–Kier alpha value is 0.250. The fraction of sp³-hybridized carbons (Fsp3) is 1.00. The first-order chi connectivity index (χ1) is 5.40. The van der Waals surface area contributed by atoms with Gasteiger partial charge in [-0.15, -0.1) is 0 Å². The lowest BCUT2D eigenvalue weighted by molar-refractivity contribution is 0.231. The third-order valence-corrected chi connectivity index (χ3v) is 2.80. The molecular formula is C5H10BrF2NO2S. The average Bonchev–Trinajstić information content (AvgIpc) is 1.85. The zero-order valence-corrected chi connectivity index (χ0v) is 8.83. The monoisotopic (exact) mass is 265 g/mol. The first-order valence-electron chi connectivity index (χ1n) is 3.25. The van der Waals surface area contributed by atoms with Gasteiger partial charge in [0.05, 0.1) is 0 Å². The molecule has 0 amide bonds. The molecule has 0 fully saturated rings. The minimum absolute atomic E-state index is 0.469. The molecule has 1 atom stereocenters. The Labute approximate surface area is 78.7 Å². The van der Waals surface area contributed by atoms with Crippen LogP contribution in [0.25, 0.3) is 0 Å². The van der Waals surface area contributed by atoms with Gasteiger partial charge in [-0.2, -0.15) is 8.78 Å². The highest BCUT2D eigenvalue weighted by Crippen LogP contribution is 2.05. The number of rotatable bonds is 5. The average molecular weight is 266 g/mol. The van der Waals surface area contributed by atoms with Crippen molar-refractivity contribution in [1.82, 2.24) is 4.72 Å². The second-order valence-electron chi connectivity index (χ2n) is 2.30. The standard InChI is InChI=1S/C5H10BrF2NO2S/c1-4(2-3-6)9-12(10,11)5(7)8/h4-5,9H,2-3H2,1H3. The molecular weight excluding hydrogens is 256 g/mol. The second-order valence-corrected chi connectivity index (χ2v) is 4.78. The van der Waals surface area contributed by atoms with Crippen LogP contribution < -0.4 is 4.72 Å². The summed E-state index contributed by atoms with van der Waals surface area (Å²) in [4.78, 5) is 0. The highest BCUT2D eigenvalue weighted by molar-refractivity contribution is 9.09. The predicted octanol–water partition coefficient (Wildman–Crippen LogP) is 1.30. The van der Waals surface area contributed by atoms with Crippen LogP contribution in [0.5, 0.6) is 0 Å².